The van der Waals surface area contributed by atoms with Gasteiger partial charge in [-0.25, -0.2) is 0 Å². The molecule has 0 amide bonds. The van der Waals surface area contributed by atoms with Crippen LogP contribution in [0.4, 0.5) is 10.7 Å². The molecule has 0 bridgehead atoms. The predicted molar refractivity (Wildman–Crippen MR) is 90.3 cm³/mol. The van der Waals surface area contributed by atoms with E-state index in [-0.39, 0.29) is 11.7 Å². The van der Waals surface area contributed by atoms with Crippen molar-refractivity contribution in [2.24, 2.45) is 11.8 Å². The van der Waals surface area contributed by atoms with Gasteiger partial charge in [0, 0.05) is 19.5 Å². The first-order valence-corrected chi connectivity index (χ1v) is 9.21. The Morgan fingerprint density at radius 3 is 2.65 bits per heavy atom. The number of nitrogen functional groups attached to an aromatic ring is 1. The zero-order chi connectivity index (χ0) is 14.9. The average molecular weight is 313 g/mol. The number of carbonyl (C=O) groups is 1. The Balaban J connectivity index is 2.23. The van der Waals surface area contributed by atoms with Gasteiger partial charge in [-0.05, 0) is 31.4 Å². The lowest BCUT2D eigenvalue weighted by atomic mass is 10.1. The minimum absolute atomic E-state index is 0.236. The van der Waals surface area contributed by atoms with E-state index in [0.717, 1.165) is 40.6 Å². The lowest BCUT2D eigenvalue weighted by molar-refractivity contribution is 0.0972. The Kier molecular flexibility index (Phi) is 5.02. The highest BCUT2D eigenvalue weighted by atomic mass is 32.2. The van der Waals surface area contributed by atoms with Crippen LogP contribution >= 0.6 is 23.1 Å². The summed E-state index contributed by atoms with van der Waals surface area (Å²) < 4.78 is 0. The third-order valence-corrected chi connectivity index (χ3v) is 5.93. The van der Waals surface area contributed by atoms with Gasteiger partial charge in [0.1, 0.15) is 5.00 Å². The van der Waals surface area contributed by atoms with Crippen molar-refractivity contribution in [3.8, 4) is 0 Å². The summed E-state index contributed by atoms with van der Waals surface area (Å²) in [6, 6.07) is 0. The third-order valence-electron chi connectivity index (χ3n) is 3.65. The molecule has 1 saturated carbocycles. The molecular weight excluding hydrogens is 288 g/mol. The molecule has 0 aromatic carbocycles. The molecule has 2 N–H and O–H groups in total. The van der Waals surface area contributed by atoms with E-state index < -0.39 is 0 Å². The lowest BCUT2D eigenvalue weighted by Crippen LogP contribution is -2.19. The molecule has 3 nitrogen and oxygen atoms in total. The van der Waals surface area contributed by atoms with Crippen LogP contribution in [0.1, 0.15) is 42.8 Å². The molecule has 5 heteroatoms. The highest BCUT2D eigenvalue weighted by Gasteiger charge is 2.34. The Labute approximate surface area is 129 Å². The monoisotopic (exact) mass is 312 g/mol. The minimum Gasteiger partial charge on any atom is -0.396 e. The largest absolute Gasteiger partial charge is 0.396 e. The molecule has 112 valence electrons. The van der Waals surface area contributed by atoms with Crippen LogP contribution in [0, 0.1) is 11.8 Å². The topological polar surface area (TPSA) is 46.3 Å². The number of hydrogen-bond donors (Lipinski definition) is 1. The van der Waals surface area contributed by atoms with E-state index in [1.54, 1.807) is 23.1 Å². The highest BCUT2D eigenvalue weighted by Crippen LogP contribution is 2.46. The fourth-order valence-corrected chi connectivity index (χ4v) is 4.35. The number of thioether (sulfide) groups is 1. The quantitative estimate of drug-likeness (QED) is 0.607. The number of thiophene rings is 1. The molecule has 20 heavy (non-hydrogen) atoms. The van der Waals surface area contributed by atoms with E-state index in [1.165, 1.54) is 0 Å². The number of rotatable bonds is 7. The van der Waals surface area contributed by atoms with Gasteiger partial charge in [-0.2, -0.15) is 0 Å². The molecule has 1 aromatic heterocycles. The Bertz CT molecular complexity index is 492. The predicted octanol–water partition coefficient (Wildman–Crippen LogP) is 4.13. The van der Waals surface area contributed by atoms with Crippen LogP contribution in [-0.2, 0) is 0 Å². The normalized spacial score (nSPS) is 14.8. The molecule has 1 aromatic rings. The van der Waals surface area contributed by atoms with E-state index >= 15 is 0 Å². The zero-order valence-corrected chi connectivity index (χ0v) is 14.4. The van der Waals surface area contributed by atoms with Crippen LogP contribution in [0.15, 0.2) is 4.90 Å². The number of ketones is 1. The summed E-state index contributed by atoms with van der Waals surface area (Å²) in [6.07, 6.45) is 5.24. The van der Waals surface area contributed by atoms with Gasteiger partial charge in [0.15, 0.2) is 5.78 Å². The average Bonchev–Trinajstić information content (AvgIpc) is 3.19. The van der Waals surface area contributed by atoms with Crippen molar-refractivity contribution in [3.63, 3.8) is 0 Å². The van der Waals surface area contributed by atoms with Crippen molar-refractivity contribution in [2.45, 2.75) is 38.0 Å². The number of Topliss-reactive ketones (excluding diaryl/α,β-unsaturated/α-hetero) is 1. The first-order valence-electron chi connectivity index (χ1n) is 7.17. The molecule has 1 aliphatic carbocycles. The maximum absolute atomic E-state index is 12.3. The summed E-state index contributed by atoms with van der Waals surface area (Å²) in [4.78, 5) is 16.4. The second-order valence-corrected chi connectivity index (χ2v) is 7.74. The minimum atomic E-state index is 0.236. The van der Waals surface area contributed by atoms with Crippen LogP contribution in [0.3, 0.4) is 0 Å². The summed E-state index contributed by atoms with van der Waals surface area (Å²) in [5.41, 5.74) is 6.92. The molecule has 0 aliphatic heterocycles. The van der Waals surface area contributed by atoms with E-state index in [2.05, 4.69) is 25.8 Å². The molecule has 2 rings (SSSR count). The van der Waals surface area contributed by atoms with Crippen LogP contribution in [-0.4, -0.2) is 25.6 Å². The van der Waals surface area contributed by atoms with Crippen molar-refractivity contribution >= 4 is 39.6 Å². The Hall–Kier alpha value is -0.680. The van der Waals surface area contributed by atoms with Crippen LogP contribution in [0.2, 0.25) is 0 Å². The number of nitrogens with zero attached hydrogens (tertiary/aromatic N) is 1. The van der Waals surface area contributed by atoms with Crippen LogP contribution in [0.25, 0.3) is 0 Å². The second-order valence-electron chi connectivity index (χ2n) is 5.93. The number of carbonyl (C=O) groups excluding carboxylic acids is 1. The van der Waals surface area contributed by atoms with Gasteiger partial charge in [-0.15, -0.1) is 23.1 Å². The summed E-state index contributed by atoms with van der Waals surface area (Å²) >= 11 is 3.22. The van der Waals surface area contributed by atoms with Gasteiger partial charge < -0.3 is 10.6 Å². The summed E-state index contributed by atoms with van der Waals surface area (Å²) in [7, 11) is 2.10. The highest BCUT2D eigenvalue weighted by molar-refractivity contribution is 7.99. The first kappa shape index (κ1) is 15.7. The van der Waals surface area contributed by atoms with Gasteiger partial charge >= 0.3 is 0 Å². The Morgan fingerprint density at radius 1 is 1.50 bits per heavy atom. The van der Waals surface area contributed by atoms with Gasteiger partial charge in [-0.1, -0.05) is 13.8 Å². The standard InChI is InChI=1S/C15H24N2OS2/c1-9(2)7-8-17(3)15-14(19-4)11(16)13(20-15)12(18)10-5-6-10/h9-10H,5-8,16H2,1-4H3. The summed E-state index contributed by atoms with van der Waals surface area (Å²) in [6.45, 7) is 5.46. The molecule has 0 radical (unpaired) electrons. The van der Waals surface area contributed by atoms with Gasteiger partial charge in [0.2, 0.25) is 0 Å². The zero-order valence-electron chi connectivity index (χ0n) is 12.7. The Morgan fingerprint density at radius 2 is 2.15 bits per heavy atom. The van der Waals surface area contributed by atoms with Gasteiger partial charge in [0.05, 0.1) is 15.5 Å². The molecule has 0 saturated heterocycles. The lowest BCUT2D eigenvalue weighted by Gasteiger charge is -2.19. The SMILES string of the molecule is CSc1c(N(C)CCC(C)C)sc(C(=O)C2CC2)c1N. The smallest absolute Gasteiger partial charge is 0.178 e. The molecule has 0 atom stereocenters. The van der Waals surface area contributed by atoms with E-state index in [0.29, 0.717) is 11.6 Å². The van der Waals surface area contributed by atoms with E-state index in [9.17, 15) is 4.79 Å². The molecule has 1 heterocycles. The molecule has 0 unspecified atom stereocenters. The van der Waals surface area contributed by atoms with Gasteiger partial charge in [0.25, 0.3) is 0 Å². The fraction of sp³-hybridized carbons (Fsp3) is 0.667. The van der Waals surface area contributed by atoms with Crippen molar-refractivity contribution in [1.29, 1.82) is 0 Å². The number of nitrogens with two attached hydrogens (primary N) is 1. The number of anilines is 2. The molecule has 0 spiro atoms. The van der Waals surface area contributed by atoms with Crippen molar-refractivity contribution in [1.82, 2.24) is 0 Å². The van der Waals surface area contributed by atoms with Crippen LogP contribution in [0.5, 0.6) is 0 Å². The van der Waals surface area contributed by atoms with Crippen molar-refractivity contribution in [2.75, 3.05) is 30.5 Å². The summed E-state index contributed by atoms with van der Waals surface area (Å²) in [5, 5.41) is 1.15. The summed E-state index contributed by atoms with van der Waals surface area (Å²) in [5.74, 6) is 1.17. The van der Waals surface area contributed by atoms with Crippen molar-refractivity contribution in [3.05, 3.63) is 4.88 Å². The molecule has 1 fully saturated rings. The van der Waals surface area contributed by atoms with Crippen LogP contribution < -0.4 is 10.6 Å². The van der Waals surface area contributed by atoms with E-state index in [4.69, 9.17) is 5.73 Å². The van der Waals surface area contributed by atoms with E-state index in [1.807, 2.05) is 6.26 Å². The third kappa shape index (κ3) is 3.31. The maximum atomic E-state index is 12.3. The fourth-order valence-electron chi connectivity index (χ4n) is 2.13. The second kappa shape index (κ2) is 6.39. The van der Waals surface area contributed by atoms with Crippen molar-refractivity contribution < 1.29 is 4.79 Å². The molecule has 1 aliphatic rings. The van der Waals surface area contributed by atoms with Gasteiger partial charge in [-0.3, -0.25) is 4.79 Å². The maximum Gasteiger partial charge on any atom is 0.178 e. The molecular formula is C15H24N2OS2. The first-order chi connectivity index (χ1) is 9.45. The number of hydrogen-bond acceptors (Lipinski definition) is 5.